The summed E-state index contributed by atoms with van der Waals surface area (Å²) in [5.74, 6) is -0.200. The summed E-state index contributed by atoms with van der Waals surface area (Å²) in [5, 5.41) is 13.6. The van der Waals surface area contributed by atoms with Crippen molar-refractivity contribution in [1.29, 1.82) is 0 Å². The molecule has 0 N–H and O–H groups in total. The van der Waals surface area contributed by atoms with Crippen LogP contribution in [0.4, 0.5) is 0 Å². The monoisotopic (exact) mass is 568 g/mol. The third kappa shape index (κ3) is 9.37. The summed E-state index contributed by atoms with van der Waals surface area (Å²) < 4.78 is 6.85. The van der Waals surface area contributed by atoms with Crippen molar-refractivity contribution >= 4 is 21.9 Å². The fourth-order valence-corrected chi connectivity index (χ4v) is 4.75. The standard InChI is InChI=1S/C30H41BrN4O2/c1-6-8-9-11-22-12-14-24(15-13-22)21-35-33-28(32-34-35)27(20-23-16-18-25(31)19-17-23)26(10-7-2)29(36)37-30(3,4)5/h12-19,26-27H,6-11,20-21H2,1-5H3/t26-,27-/m0/s1. The highest BCUT2D eigenvalue weighted by Crippen LogP contribution is 2.32. The van der Waals surface area contributed by atoms with Gasteiger partial charge in [0.05, 0.1) is 12.5 Å². The summed E-state index contributed by atoms with van der Waals surface area (Å²) in [4.78, 5) is 15.0. The molecule has 2 aromatic carbocycles. The van der Waals surface area contributed by atoms with Crippen molar-refractivity contribution < 1.29 is 9.53 Å². The molecule has 1 aromatic heterocycles. The van der Waals surface area contributed by atoms with Gasteiger partial charge in [-0.2, -0.15) is 4.80 Å². The zero-order valence-corrected chi connectivity index (χ0v) is 24.5. The number of nitrogens with zero attached hydrogens (tertiary/aromatic N) is 4. The third-order valence-corrected chi connectivity index (χ3v) is 6.91. The van der Waals surface area contributed by atoms with E-state index in [1.54, 1.807) is 4.80 Å². The molecule has 1 heterocycles. The molecule has 0 radical (unpaired) electrons. The Balaban J connectivity index is 1.82. The van der Waals surface area contributed by atoms with Crippen LogP contribution < -0.4 is 0 Å². The quantitative estimate of drug-likeness (QED) is 0.160. The summed E-state index contributed by atoms with van der Waals surface area (Å²) >= 11 is 3.51. The summed E-state index contributed by atoms with van der Waals surface area (Å²) in [6.45, 7) is 10.6. The van der Waals surface area contributed by atoms with Gasteiger partial charge < -0.3 is 4.74 Å². The second-order valence-corrected chi connectivity index (χ2v) is 11.7. The molecule has 2 atom stereocenters. The van der Waals surface area contributed by atoms with E-state index < -0.39 is 5.60 Å². The Morgan fingerprint density at radius 1 is 0.946 bits per heavy atom. The highest BCUT2D eigenvalue weighted by atomic mass is 79.9. The molecule has 0 aliphatic heterocycles. The van der Waals surface area contributed by atoms with Crippen molar-refractivity contribution in [3.63, 3.8) is 0 Å². The lowest BCUT2D eigenvalue weighted by molar-refractivity contribution is -0.161. The zero-order chi connectivity index (χ0) is 26.8. The predicted octanol–water partition coefficient (Wildman–Crippen LogP) is 7.30. The van der Waals surface area contributed by atoms with Gasteiger partial charge in [0.2, 0.25) is 0 Å². The van der Waals surface area contributed by atoms with E-state index in [0.717, 1.165) is 28.4 Å². The number of unbranched alkanes of at least 4 members (excludes halogenated alkanes) is 2. The first kappa shape index (κ1) is 29.0. The zero-order valence-electron chi connectivity index (χ0n) is 22.9. The van der Waals surface area contributed by atoms with E-state index in [2.05, 4.69) is 76.5 Å². The van der Waals surface area contributed by atoms with Gasteiger partial charge in [-0.05, 0) is 80.5 Å². The molecule has 0 bridgehead atoms. The Morgan fingerprint density at radius 2 is 1.59 bits per heavy atom. The molecule has 7 heteroatoms. The van der Waals surface area contributed by atoms with Crippen molar-refractivity contribution in [3.8, 4) is 0 Å². The van der Waals surface area contributed by atoms with Crippen molar-refractivity contribution in [2.75, 3.05) is 0 Å². The molecule has 0 aliphatic rings. The van der Waals surface area contributed by atoms with Gasteiger partial charge in [-0.3, -0.25) is 4.79 Å². The van der Waals surface area contributed by atoms with E-state index in [1.807, 2.05) is 32.9 Å². The normalized spacial score (nSPS) is 13.4. The van der Waals surface area contributed by atoms with Crippen molar-refractivity contribution in [2.45, 2.75) is 97.6 Å². The van der Waals surface area contributed by atoms with Crippen LogP contribution in [0.1, 0.15) is 95.2 Å². The molecular weight excluding hydrogens is 528 g/mol. The van der Waals surface area contributed by atoms with Gasteiger partial charge in [-0.1, -0.05) is 85.4 Å². The maximum Gasteiger partial charge on any atom is 0.310 e. The molecule has 0 amide bonds. The largest absolute Gasteiger partial charge is 0.460 e. The van der Waals surface area contributed by atoms with Gasteiger partial charge in [-0.15, -0.1) is 10.2 Å². The van der Waals surface area contributed by atoms with Crippen LogP contribution in [0.3, 0.4) is 0 Å². The molecule has 0 aliphatic carbocycles. The SMILES string of the molecule is CCCCCc1ccc(Cn2nnc([C@@H](Cc3ccc(Br)cc3)[C@H](CCC)C(=O)OC(C)(C)C)n2)cc1. The molecule has 3 aromatic rings. The van der Waals surface area contributed by atoms with Crippen molar-refractivity contribution in [3.05, 3.63) is 75.5 Å². The Hall–Kier alpha value is -2.54. The van der Waals surface area contributed by atoms with Crippen molar-refractivity contribution in [2.24, 2.45) is 5.92 Å². The van der Waals surface area contributed by atoms with Crippen LogP contribution in [-0.2, 0) is 28.9 Å². The number of ether oxygens (including phenoxy) is 1. The summed E-state index contributed by atoms with van der Waals surface area (Å²) in [6, 6.07) is 16.9. The number of aromatic nitrogens is 4. The second kappa shape index (κ2) is 13.8. The number of halogens is 1. The minimum atomic E-state index is -0.557. The molecule has 0 saturated carbocycles. The summed E-state index contributed by atoms with van der Waals surface area (Å²) in [5.41, 5.74) is 3.05. The Morgan fingerprint density at radius 3 is 2.22 bits per heavy atom. The predicted molar refractivity (Wildman–Crippen MR) is 151 cm³/mol. The van der Waals surface area contributed by atoms with Crippen LogP contribution in [0.5, 0.6) is 0 Å². The Labute approximate surface area is 230 Å². The minimum absolute atomic E-state index is 0.202. The second-order valence-electron chi connectivity index (χ2n) is 10.8. The van der Waals surface area contributed by atoms with E-state index in [9.17, 15) is 4.79 Å². The highest BCUT2D eigenvalue weighted by molar-refractivity contribution is 9.10. The maximum atomic E-state index is 13.3. The molecule has 0 saturated heterocycles. The van der Waals surface area contributed by atoms with Crippen LogP contribution in [0.25, 0.3) is 0 Å². The van der Waals surface area contributed by atoms with Crippen LogP contribution in [0, 0.1) is 5.92 Å². The first-order chi connectivity index (χ1) is 17.7. The number of esters is 1. The average Bonchev–Trinajstić information content (AvgIpc) is 3.31. The van der Waals surface area contributed by atoms with Gasteiger partial charge in [0.1, 0.15) is 5.60 Å². The lowest BCUT2D eigenvalue weighted by Gasteiger charge is -2.28. The first-order valence-electron chi connectivity index (χ1n) is 13.5. The maximum absolute atomic E-state index is 13.3. The first-order valence-corrected chi connectivity index (χ1v) is 14.3. The lowest BCUT2D eigenvalue weighted by Crippen LogP contribution is -2.33. The van der Waals surface area contributed by atoms with Crippen LogP contribution >= 0.6 is 15.9 Å². The summed E-state index contributed by atoms with van der Waals surface area (Å²) in [7, 11) is 0. The molecule has 0 unspecified atom stereocenters. The van der Waals surface area contributed by atoms with Crippen LogP contribution in [-0.4, -0.2) is 31.8 Å². The molecule has 0 spiro atoms. The number of carbonyl (C=O) groups is 1. The smallest absolute Gasteiger partial charge is 0.310 e. The number of carbonyl (C=O) groups excluding carboxylic acids is 1. The number of benzene rings is 2. The fraction of sp³-hybridized carbons (Fsp3) is 0.533. The van der Waals surface area contributed by atoms with Crippen LogP contribution in [0.15, 0.2) is 53.0 Å². The van der Waals surface area contributed by atoms with E-state index >= 15 is 0 Å². The molecule has 3 rings (SSSR count). The lowest BCUT2D eigenvalue weighted by atomic mass is 9.83. The molecular formula is C30H41BrN4O2. The average molecular weight is 570 g/mol. The van der Waals surface area contributed by atoms with E-state index in [-0.39, 0.29) is 17.8 Å². The van der Waals surface area contributed by atoms with Crippen LogP contribution in [0.2, 0.25) is 0 Å². The van der Waals surface area contributed by atoms with Gasteiger partial charge in [0.15, 0.2) is 5.82 Å². The Kier molecular flexibility index (Phi) is 10.9. The minimum Gasteiger partial charge on any atom is -0.460 e. The molecule has 37 heavy (non-hydrogen) atoms. The number of rotatable bonds is 13. The number of tetrazole rings is 1. The molecule has 200 valence electrons. The number of hydrogen-bond donors (Lipinski definition) is 0. The third-order valence-electron chi connectivity index (χ3n) is 6.38. The van der Waals surface area contributed by atoms with Gasteiger partial charge >= 0.3 is 5.97 Å². The number of hydrogen-bond acceptors (Lipinski definition) is 5. The van der Waals surface area contributed by atoms with Gasteiger partial charge in [0, 0.05) is 10.4 Å². The Bertz CT molecular complexity index is 1100. The van der Waals surface area contributed by atoms with E-state index in [0.29, 0.717) is 25.2 Å². The van der Waals surface area contributed by atoms with Crippen molar-refractivity contribution in [1.82, 2.24) is 20.2 Å². The van der Waals surface area contributed by atoms with Gasteiger partial charge in [0.25, 0.3) is 0 Å². The summed E-state index contributed by atoms with van der Waals surface area (Å²) in [6.07, 6.45) is 7.02. The topological polar surface area (TPSA) is 69.9 Å². The molecule has 0 fully saturated rings. The highest BCUT2D eigenvalue weighted by Gasteiger charge is 2.35. The fourth-order valence-electron chi connectivity index (χ4n) is 4.48. The molecule has 6 nitrogen and oxygen atoms in total. The van der Waals surface area contributed by atoms with E-state index in [1.165, 1.54) is 24.8 Å². The van der Waals surface area contributed by atoms with E-state index in [4.69, 9.17) is 9.84 Å². The number of aryl methyl sites for hydroxylation is 1. The van der Waals surface area contributed by atoms with Gasteiger partial charge in [-0.25, -0.2) is 0 Å².